The Morgan fingerprint density at radius 3 is 2.86 bits per heavy atom. The molecule has 0 unspecified atom stereocenters. The molecule has 1 nitrogen and oxygen atoms in total. The van der Waals surface area contributed by atoms with E-state index < -0.39 is 0 Å². The van der Waals surface area contributed by atoms with Crippen molar-refractivity contribution in [3.8, 4) is 0 Å². The Bertz CT molecular complexity index is 334. The number of nitrogens with zero attached hydrogens (tertiary/aromatic N) is 1. The molecule has 1 aromatic carbocycles. The van der Waals surface area contributed by atoms with E-state index >= 15 is 0 Å². The first-order valence-electron chi connectivity index (χ1n) is 4.82. The molecule has 1 aliphatic rings. The van der Waals surface area contributed by atoms with Gasteiger partial charge in [-0.2, -0.15) is 0 Å². The van der Waals surface area contributed by atoms with Crippen molar-refractivity contribution in [2.75, 3.05) is 13.1 Å². The maximum absolute atomic E-state index is 13.2. The lowest BCUT2D eigenvalue weighted by Crippen LogP contribution is -2.44. The van der Waals surface area contributed by atoms with Crippen molar-refractivity contribution in [2.45, 2.75) is 13.5 Å². The van der Waals surface area contributed by atoms with Crippen LogP contribution in [0.25, 0.3) is 0 Å². The lowest BCUT2D eigenvalue weighted by molar-refractivity contribution is 0.104. The third-order valence-corrected chi connectivity index (χ3v) is 3.45. The third kappa shape index (κ3) is 1.98. The van der Waals surface area contributed by atoms with Crippen molar-refractivity contribution in [1.82, 2.24) is 4.90 Å². The Morgan fingerprint density at radius 1 is 1.50 bits per heavy atom. The van der Waals surface area contributed by atoms with E-state index in [0.717, 1.165) is 31.1 Å². The van der Waals surface area contributed by atoms with Gasteiger partial charge in [0.1, 0.15) is 5.82 Å². The minimum absolute atomic E-state index is 0.170. The van der Waals surface area contributed by atoms with Crippen LogP contribution in [0.5, 0.6) is 0 Å². The first-order valence-corrected chi connectivity index (χ1v) is 5.61. The van der Waals surface area contributed by atoms with Gasteiger partial charge in [0.2, 0.25) is 0 Å². The minimum atomic E-state index is -0.170. The van der Waals surface area contributed by atoms with Gasteiger partial charge in [-0.05, 0) is 33.5 Å². The molecule has 0 N–H and O–H groups in total. The fourth-order valence-electron chi connectivity index (χ4n) is 1.87. The molecule has 3 heteroatoms. The van der Waals surface area contributed by atoms with Gasteiger partial charge in [0.25, 0.3) is 0 Å². The summed E-state index contributed by atoms with van der Waals surface area (Å²) < 4.78 is 13.8. The average Bonchev–Trinajstić information content (AvgIpc) is 2.10. The SMILES string of the molecule is CC1CN(Cc2cccc(F)c2Br)C1. The lowest BCUT2D eigenvalue weighted by Gasteiger charge is -2.37. The van der Waals surface area contributed by atoms with E-state index in [-0.39, 0.29) is 5.82 Å². The maximum Gasteiger partial charge on any atom is 0.137 e. The van der Waals surface area contributed by atoms with Crippen LogP contribution in [0.4, 0.5) is 4.39 Å². The summed E-state index contributed by atoms with van der Waals surface area (Å²) >= 11 is 3.28. The molecule has 1 aliphatic heterocycles. The number of hydrogen-bond acceptors (Lipinski definition) is 1. The molecule has 1 aromatic rings. The highest BCUT2D eigenvalue weighted by Gasteiger charge is 2.22. The second-order valence-corrected chi connectivity index (χ2v) is 4.81. The first kappa shape index (κ1) is 10.1. The van der Waals surface area contributed by atoms with Gasteiger partial charge >= 0.3 is 0 Å². The van der Waals surface area contributed by atoms with E-state index in [0.29, 0.717) is 4.47 Å². The Hall–Kier alpha value is -0.410. The van der Waals surface area contributed by atoms with Gasteiger partial charge in [-0.3, -0.25) is 4.90 Å². The standard InChI is InChI=1S/C11H13BrFN/c1-8-5-14(6-8)7-9-3-2-4-10(13)11(9)12/h2-4,8H,5-7H2,1H3. The molecule has 0 bridgehead atoms. The first-order chi connectivity index (χ1) is 6.66. The van der Waals surface area contributed by atoms with Gasteiger partial charge in [0, 0.05) is 19.6 Å². The summed E-state index contributed by atoms with van der Waals surface area (Å²) in [6.45, 7) is 5.34. The molecular weight excluding hydrogens is 245 g/mol. The molecule has 0 spiro atoms. The molecular formula is C11H13BrFN. The van der Waals surface area contributed by atoms with Crippen LogP contribution in [0.3, 0.4) is 0 Å². The monoisotopic (exact) mass is 257 g/mol. The van der Waals surface area contributed by atoms with Crippen molar-refractivity contribution in [1.29, 1.82) is 0 Å². The van der Waals surface area contributed by atoms with Crippen molar-refractivity contribution in [3.63, 3.8) is 0 Å². The zero-order valence-corrected chi connectivity index (χ0v) is 9.72. The quantitative estimate of drug-likeness (QED) is 0.788. The predicted octanol–water partition coefficient (Wildman–Crippen LogP) is 3.04. The molecule has 14 heavy (non-hydrogen) atoms. The largest absolute Gasteiger partial charge is 0.298 e. The van der Waals surface area contributed by atoms with Gasteiger partial charge in [0.05, 0.1) is 4.47 Å². The maximum atomic E-state index is 13.2. The Morgan fingerprint density at radius 2 is 2.21 bits per heavy atom. The van der Waals surface area contributed by atoms with E-state index in [9.17, 15) is 4.39 Å². The van der Waals surface area contributed by atoms with Gasteiger partial charge in [0.15, 0.2) is 0 Å². The molecule has 1 fully saturated rings. The summed E-state index contributed by atoms with van der Waals surface area (Å²) in [5.41, 5.74) is 1.04. The smallest absolute Gasteiger partial charge is 0.137 e. The number of likely N-dealkylation sites (tertiary alicyclic amines) is 1. The van der Waals surface area contributed by atoms with E-state index in [1.165, 1.54) is 6.07 Å². The summed E-state index contributed by atoms with van der Waals surface area (Å²) in [7, 11) is 0. The number of rotatable bonds is 2. The summed E-state index contributed by atoms with van der Waals surface area (Å²) in [6, 6.07) is 5.21. The van der Waals surface area contributed by atoms with E-state index in [4.69, 9.17) is 0 Å². The normalized spacial score (nSPS) is 18.2. The Kier molecular flexibility index (Phi) is 2.88. The van der Waals surface area contributed by atoms with E-state index in [2.05, 4.69) is 27.8 Å². The van der Waals surface area contributed by atoms with Crippen molar-refractivity contribution in [2.24, 2.45) is 5.92 Å². The van der Waals surface area contributed by atoms with E-state index in [1.807, 2.05) is 6.07 Å². The molecule has 0 saturated carbocycles. The van der Waals surface area contributed by atoms with Gasteiger partial charge in [-0.25, -0.2) is 4.39 Å². The molecule has 0 amide bonds. The van der Waals surface area contributed by atoms with Crippen molar-refractivity contribution < 1.29 is 4.39 Å². The van der Waals surface area contributed by atoms with E-state index in [1.54, 1.807) is 6.07 Å². The summed E-state index contributed by atoms with van der Waals surface area (Å²) in [4.78, 5) is 2.32. The van der Waals surface area contributed by atoms with Crippen molar-refractivity contribution >= 4 is 15.9 Å². The average molecular weight is 258 g/mol. The second kappa shape index (κ2) is 3.99. The van der Waals surface area contributed by atoms with Crippen LogP contribution in [0.15, 0.2) is 22.7 Å². The highest BCUT2D eigenvalue weighted by Crippen LogP contribution is 2.24. The Labute approximate surface area is 92.0 Å². The molecule has 76 valence electrons. The fourth-order valence-corrected chi connectivity index (χ4v) is 2.26. The number of hydrogen-bond donors (Lipinski definition) is 0. The predicted molar refractivity (Wildman–Crippen MR) is 58.5 cm³/mol. The fraction of sp³-hybridized carbons (Fsp3) is 0.455. The zero-order valence-electron chi connectivity index (χ0n) is 8.13. The number of halogens is 2. The van der Waals surface area contributed by atoms with Crippen LogP contribution in [-0.2, 0) is 6.54 Å². The molecule has 0 aliphatic carbocycles. The topological polar surface area (TPSA) is 3.24 Å². The molecule has 1 saturated heterocycles. The van der Waals surface area contributed by atoms with Crippen molar-refractivity contribution in [3.05, 3.63) is 34.1 Å². The Balaban J connectivity index is 2.06. The highest BCUT2D eigenvalue weighted by atomic mass is 79.9. The number of benzene rings is 1. The van der Waals surface area contributed by atoms with Crippen LogP contribution >= 0.6 is 15.9 Å². The molecule has 0 radical (unpaired) electrons. The van der Waals surface area contributed by atoms with Crippen LogP contribution in [0.1, 0.15) is 12.5 Å². The third-order valence-electron chi connectivity index (χ3n) is 2.57. The summed E-state index contributed by atoms with van der Waals surface area (Å²) in [6.07, 6.45) is 0. The summed E-state index contributed by atoms with van der Waals surface area (Å²) in [5, 5.41) is 0. The lowest BCUT2D eigenvalue weighted by atomic mass is 10.0. The highest BCUT2D eigenvalue weighted by molar-refractivity contribution is 9.10. The molecule has 1 heterocycles. The molecule has 0 aromatic heterocycles. The summed E-state index contributed by atoms with van der Waals surface area (Å²) in [5.74, 6) is 0.624. The van der Waals surface area contributed by atoms with Gasteiger partial charge in [-0.1, -0.05) is 19.1 Å². The van der Waals surface area contributed by atoms with Crippen LogP contribution in [0.2, 0.25) is 0 Å². The van der Waals surface area contributed by atoms with Crippen LogP contribution in [-0.4, -0.2) is 18.0 Å². The van der Waals surface area contributed by atoms with Crippen LogP contribution < -0.4 is 0 Å². The molecule has 2 rings (SSSR count). The minimum Gasteiger partial charge on any atom is -0.298 e. The zero-order chi connectivity index (χ0) is 10.1. The second-order valence-electron chi connectivity index (χ2n) is 4.01. The molecule has 0 atom stereocenters. The van der Waals surface area contributed by atoms with Crippen LogP contribution in [0, 0.1) is 11.7 Å². The van der Waals surface area contributed by atoms with Gasteiger partial charge < -0.3 is 0 Å². The van der Waals surface area contributed by atoms with Gasteiger partial charge in [-0.15, -0.1) is 0 Å².